The highest BCUT2D eigenvalue weighted by Gasteiger charge is 2.04. The van der Waals surface area contributed by atoms with Crippen molar-refractivity contribution in [2.75, 3.05) is 5.32 Å². The van der Waals surface area contributed by atoms with Gasteiger partial charge in [0.05, 0.1) is 12.5 Å². The van der Waals surface area contributed by atoms with Gasteiger partial charge in [-0.15, -0.1) is 0 Å². The predicted molar refractivity (Wildman–Crippen MR) is 74.2 cm³/mol. The van der Waals surface area contributed by atoms with Gasteiger partial charge < -0.3 is 5.32 Å². The van der Waals surface area contributed by atoms with Gasteiger partial charge in [-0.1, -0.05) is 42.5 Å². The summed E-state index contributed by atoms with van der Waals surface area (Å²) >= 11 is 0. The summed E-state index contributed by atoms with van der Waals surface area (Å²) in [6, 6.07) is 20.8. The first-order valence-corrected chi connectivity index (χ1v) is 6.07. The van der Waals surface area contributed by atoms with Crippen molar-refractivity contribution in [2.24, 2.45) is 0 Å². The zero-order chi connectivity index (χ0) is 12.8. The molecule has 0 bridgehead atoms. The fraction of sp³-hybridized carbons (Fsp3) is 0.188. The number of rotatable bonds is 4. The molecule has 0 aliphatic rings. The molecule has 0 saturated carbocycles. The van der Waals surface area contributed by atoms with Crippen molar-refractivity contribution in [1.29, 1.82) is 5.26 Å². The van der Waals surface area contributed by atoms with Gasteiger partial charge in [-0.3, -0.25) is 0 Å². The molecule has 2 aromatic carbocycles. The Kier molecular flexibility index (Phi) is 3.98. The zero-order valence-electron chi connectivity index (χ0n) is 10.4. The molecule has 0 fully saturated rings. The van der Waals surface area contributed by atoms with E-state index in [1.54, 1.807) is 0 Å². The minimum Gasteiger partial charge on any atom is -0.379 e. The summed E-state index contributed by atoms with van der Waals surface area (Å²) in [5.41, 5.74) is 3.39. The first kappa shape index (κ1) is 12.2. The Bertz CT molecular complexity index is 523. The number of nitrogens with zero attached hydrogens (tertiary/aromatic N) is 1. The summed E-state index contributed by atoms with van der Waals surface area (Å²) in [7, 11) is 0. The third-order valence-electron chi connectivity index (χ3n) is 2.92. The Morgan fingerprint density at radius 1 is 1.06 bits per heavy atom. The van der Waals surface area contributed by atoms with Gasteiger partial charge in [0.2, 0.25) is 0 Å². The van der Waals surface area contributed by atoms with Crippen LogP contribution in [-0.4, -0.2) is 0 Å². The van der Waals surface area contributed by atoms with E-state index in [1.165, 1.54) is 5.56 Å². The fourth-order valence-electron chi connectivity index (χ4n) is 1.89. The lowest BCUT2D eigenvalue weighted by molar-refractivity contribution is 0.884. The van der Waals surface area contributed by atoms with Crippen LogP contribution < -0.4 is 5.32 Å². The van der Waals surface area contributed by atoms with E-state index in [1.807, 2.05) is 42.5 Å². The standard InChI is InChI=1S/C16H16N2/c1-13(15-5-3-2-4-6-15)18-16-9-7-14(8-10-16)11-12-17/h2-10,13,18H,11H2,1H3. The molecule has 2 rings (SSSR count). The molecular formula is C16H16N2. The van der Waals surface area contributed by atoms with Crippen molar-refractivity contribution in [3.05, 3.63) is 65.7 Å². The Morgan fingerprint density at radius 2 is 1.72 bits per heavy atom. The molecule has 2 nitrogen and oxygen atoms in total. The maximum atomic E-state index is 8.62. The van der Waals surface area contributed by atoms with Gasteiger partial charge in [0.15, 0.2) is 0 Å². The molecule has 0 heterocycles. The first-order chi connectivity index (χ1) is 8.79. The maximum Gasteiger partial charge on any atom is 0.0669 e. The zero-order valence-corrected chi connectivity index (χ0v) is 10.4. The van der Waals surface area contributed by atoms with Crippen molar-refractivity contribution in [1.82, 2.24) is 0 Å². The Morgan fingerprint density at radius 3 is 2.33 bits per heavy atom. The Balaban J connectivity index is 2.03. The summed E-state index contributed by atoms with van der Waals surface area (Å²) in [6.45, 7) is 2.14. The molecule has 18 heavy (non-hydrogen) atoms. The van der Waals surface area contributed by atoms with E-state index < -0.39 is 0 Å². The van der Waals surface area contributed by atoms with E-state index >= 15 is 0 Å². The number of hydrogen-bond acceptors (Lipinski definition) is 2. The molecule has 0 aliphatic heterocycles. The highest BCUT2D eigenvalue weighted by Crippen LogP contribution is 2.19. The third kappa shape index (κ3) is 3.11. The van der Waals surface area contributed by atoms with E-state index in [4.69, 9.17) is 5.26 Å². The third-order valence-corrected chi connectivity index (χ3v) is 2.92. The Hall–Kier alpha value is -2.27. The van der Waals surface area contributed by atoms with E-state index in [2.05, 4.69) is 30.4 Å². The van der Waals surface area contributed by atoms with Crippen LogP contribution in [0.4, 0.5) is 5.69 Å². The van der Waals surface area contributed by atoms with Gasteiger partial charge >= 0.3 is 0 Å². The largest absolute Gasteiger partial charge is 0.379 e. The Labute approximate surface area is 108 Å². The number of anilines is 1. The number of nitriles is 1. The average Bonchev–Trinajstić information content (AvgIpc) is 2.42. The molecule has 2 heteroatoms. The van der Waals surface area contributed by atoms with Gasteiger partial charge in [0.1, 0.15) is 0 Å². The fourth-order valence-corrected chi connectivity index (χ4v) is 1.89. The molecule has 0 aromatic heterocycles. The molecule has 2 aromatic rings. The molecule has 1 unspecified atom stereocenters. The van der Waals surface area contributed by atoms with Crippen molar-refractivity contribution in [3.8, 4) is 6.07 Å². The van der Waals surface area contributed by atoms with Crippen LogP contribution in [0.2, 0.25) is 0 Å². The van der Waals surface area contributed by atoms with Crippen LogP contribution in [0, 0.1) is 11.3 Å². The molecule has 0 radical (unpaired) electrons. The minimum absolute atomic E-state index is 0.271. The quantitative estimate of drug-likeness (QED) is 0.873. The van der Waals surface area contributed by atoms with Gasteiger partial charge in [-0.05, 0) is 30.2 Å². The van der Waals surface area contributed by atoms with Gasteiger partial charge in [0, 0.05) is 11.7 Å². The van der Waals surface area contributed by atoms with Gasteiger partial charge in [0.25, 0.3) is 0 Å². The average molecular weight is 236 g/mol. The molecule has 0 amide bonds. The molecule has 0 saturated heterocycles. The number of benzene rings is 2. The van der Waals surface area contributed by atoms with E-state index in [9.17, 15) is 0 Å². The highest BCUT2D eigenvalue weighted by atomic mass is 14.9. The van der Waals surface area contributed by atoms with Crippen molar-refractivity contribution in [2.45, 2.75) is 19.4 Å². The van der Waals surface area contributed by atoms with Crippen molar-refractivity contribution in [3.63, 3.8) is 0 Å². The van der Waals surface area contributed by atoms with Crippen LogP contribution in [0.15, 0.2) is 54.6 Å². The molecule has 0 spiro atoms. The van der Waals surface area contributed by atoms with Crippen LogP contribution in [0.5, 0.6) is 0 Å². The molecule has 1 N–H and O–H groups in total. The second-order valence-corrected chi connectivity index (χ2v) is 4.31. The van der Waals surface area contributed by atoms with Crippen LogP contribution in [0.1, 0.15) is 24.1 Å². The second-order valence-electron chi connectivity index (χ2n) is 4.31. The SMILES string of the molecule is CC(Nc1ccc(CC#N)cc1)c1ccccc1. The molecular weight excluding hydrogens is 220 g/mol. The lowest BCUT2D eigenvalue weighted by Crippen LogP contribution is -2.06. The van der Waals surface area contributed by atoms with Crippen LogP contribution >= 0.6 is 0 Å². The number of nitrogens with one attached hydrogen (secondary N) is 1. The van der Waals surface area contributed by atoms with E-state index in [0.29, 0.717) is 6.42 Å². The summed E-state index contributed by atoms with van der Waals surface area (Å²) in [5.74, 6) is 0. The molecule has 90 valence electrons. The predicted octanol–water partition coefficient (Wildman–Crippen LogP) is 3.93. The van der Waals surface area contributed by atoms with E-state index in [0.717, 1.165) is 11.3 Å². The van der Waals surface area contributed by atoms with E-state index in [-0.39, 0.29) is 6.04 Å². The molecule has 0 aliphatic carbocycles. The topological polar surface area (TPSA) is 35.8 Å². The van der Waals surface area contributed by atoms with Crippen LogP contribution in [-0.2, 0) is 6.42 Å². The normalized spacial score (nSPS) is 11.6. The first-order valence-electron chi connectivity index (χ1n) is 6.07. The van der Waals surface area contributed by atoms with Crippen molar-refractivity contribution >= 4 is 5.69 Å². The monoisotopic (exact) mass is 236 g/mol. The summed E-state index contributed by atoms with van der Waals surface area (Å²) in [6.07, 6.45) is 0.467. The second kappa shape index (κ2) is 5.88. The van der Waals surface area contributed by atoms with Gasteiger partial charge in [-0.2, -0.15) is 5.26 Å². The summed E-state index contributed by atoms with van der Waals surface area (Å²) in [5, 5.41) is 12.1. The van der Waals surface area contributed by atoms with Crippen molar-refractivity contribution < 1.29 is 0 Å². The molecule has 1 atom stereocenters. The van der Waals surface area contributed by atoms with Crippen LogP contribution in [0.25, 0.3) is 0 Å². The lowest BCUT2D eigenvalue weighted by Gasteiger charge is -2.15. The minimum atomic E-state index is 0.271. The lowest BCUT2D eigenvalue weighted by atomic mass is 10.1. The summed E-state index contributed by atoms with van der Waals surface area (Å²) in [4.78, 5) is 0. The maximum absolute atomic E-state index is 8.62. The smallest absolute Gasteiger partial charge is 0.0669 e. The summed E-state index contributed by atoms with van der Waals surface area (Å²) < 4.78 is 0. The van der Waals surface area contributed by atoms with Crippen LogP contribution in [0.3, 0.4) is 0 Å². The van der Waals surface area contributed by atoms with Gasteiger partial charge in [-0.25, -0.2) is 0 Å². The number of hydrogen-bond donors (Lipinski definition) is 1. The highest BCUT2D eigenvalue weighted by molar-refractivity contribution is 5.47.